The van der Waals surface area contributed by atoms with E-state index in [0.717, 1.165) is 11.3 Å². The molecule has 7 nitrogen and oxygen atoms in total. The molecule has 3 unspecified atom stereocenters. The largest absolute Gasteiger partial charge is 0.372 e. The van der Waals surface area contributed by atoms with E-state index in [9.17, 15) is 4.79 Å². The summed E-state index contributed by atoms with van der Waals surface area (Å²) < 4.78 is 7.37. The number of ether oxygens (including phenoxy) is 1. The van der Waals surface area contributed by atoms with Gasteiger partial charge in [0.1, 0.15) is 12.7 Å². The van der Waals surface area contributed by atoms with E-state index in [0.29, 0.717) is 13.1 Å². The van der Waals surface area contributed by atoms with Gasteiger partial charge in [-0.05, 0) is 38.5 Å². The SMILES string of the molecule is CC1CN(C(=O)NC(C)c2ccc(-n3cncn3)cc2)CC(C)O1. The standard InChI is InChI=1S/C17H23N5O2/c1-12-8-21(9-13(2)24-12)17(23)20-14(3)15-4-6-16(7-5-15)22-11-18-10-19-22/h4-7,10-14H,8-9H2,1-3H3,(H,20,23). The Morgan fingerprint density at radius 2 is 1.92 bits per heavy atom. The molecule has 1 aromatic carbocycles. The summed E-state index contributed by atoms with van der Waals surface area (Å²) in [7, 11) is 0. The van der Waals surface area contributed by atoms with Crippen LogP contribution in [0.2, 0.25) is 0 Å². The zero-order chi connectivity index (χ0) is 17.1. The predicted octanol–water partition coefficient (Wildman–Crippen LogP) is 2.15. The fraction of sp³-hybridized carbons (Fsp3) is 0.471. The molecule has 1 aliphatic rings. The van der Waals surface area contributed by atoms with Crippen LogP contribution >= 0.6 is 0 Å². The third kappa shape index (κ3) is 3.73. The molecule has 2 amide bonds. The second-order valence-corrected chi connectivity index (χ2v) is 6.27. The van der Waals surface area contributed by atoms with Gasteiger partial charge in [-0.25, -0.2) is 14.5 Å². The molecule has 1 N–H and O–H groups in total. The summed E-state index contributed by atoms with van der Waals surface area (Å²) in [5, 5.41) is 7.16. The first-order chi connectivity index (χ1) is 11.5. The fourth-order valence-corrected chi connectivity index (χ4v) is 2.96. The molecular formula is C17H23N5O2. The number of carbonyl (C=O) groups excluding carboxylic acids is 1. The highest BCUT2D eigenvalue weighted by molar-refractivity contribution is 5.75. The summed E-state index contributed by atoms with van der Waals surface area (Å²) in [4.78, 5) is 18.2. The van der Waals surface area contributed by atoms with Crippen molar-refractivity contribution in [3.8, 4) is 5.69 Å². The Morgan fingerprint density at radius 3 is 2.50 bits per heavy atom. The minimum absolute atomic E-state index is 0.0511. The number of aromatic nitrogens is 3. The Kier molecular flexibility index (Phi) is 4.80. The highest BCUT2D eigenvalue weighted by Gasteiger charge is 2.26. The maximum Gasteiger partial charge on any atom is 0.318 e. The first-order valence-electron chi connectivity index (χ1n) is 8.19. The molecule has 3 atom stereocenters. The Morgan fingerprint density at radius 1 is 1.25 bits per heavy atom. The number of rotatable bonds is 3. The number of amides is 2. The van der Waals surface area contributed by atoms with Gasteiger partial charge in [0.15, 0.2) is 0 Å². The van der Waals surface area contributed by atoms with Gasteiger partial charge in [-0.1, -0.05) is 12.1 Å². The number of benzene rings is 1. The number of morpholine rings is 1. The molecule has 0 aliphatic carbocycles. The van der Waals surface area contributed by atoms with Crippen LogP contribution in [0.3, 0.4) is 0 Å². The summed E-state index contributed by atoms with van der Waals surface area (Å²) >= 11 is 0. The maximum absolute atomic E-state index is 12.5. The van der Waals surface area contributed by atoms with Gasteiger partial charge in [-0.3, -0.25) is 0 Å². The van der Waals surface area contributed by atoms with Crippen molar-refractivity contribution in [3.63, 3.8) is 0 Å². The van der Waals surface area contributed by atoms with Crippen LogP contribution in [-0.2, 0) is 4.74 Å². The smallest absolute Gasteiger partial charge is 0.318 e. The summed E-state index contributed by atoms with van der Waals surface area (Å²) in [6.07, 6.45) is 3.29. The third-order valence-electron chi connectivity index (χ3n) is 4.12. The van der Waals surface area contributed by atoms with Crippen LogP contribution in [0.5, 0.6) is 0 Å². The van der Waals surface area contributed by atoms with Crippen molar-refractivity contribution in [2.75, 3.05) is 13.1 Å². The minimum Gasteiger partial charge on any atom is -0.372 e. The molecule has 24 heavy (non-hydrogen) atoms. The molecule has 2 heterocycles. The van der Waals surface area contributed by atoms with Crippen molar-refractivity contribution in [1.82, 2.24) is 25.0 Å². The van der Waals surface area contributed by atoms with Crippen LogP contribution in [0, 0.1) is 0 Å². The van der Waals surface area contributed by atoms with Crippen LogP contribution in [0.25, 0.3) is 5.69 Å². The van der Waals surface area contributed by atoms with E-state index in [-0.39, 0.29) is 24.3 Å². The van der Waals surface area contributed by atoms with E-state index in [1.165, 1.54) is 6.33 Å². The van der Waals surface area contributed by atoms with Gasteiger partial charge in [0.25, 0.3) is 0 Å². The lowest BCUT2D eigenvalue weighted by Crippen LogP contribution is -2.52. The van der Waals surface area contributed by atoms with E-state index in [2.05, 4.69) is 15.4 Å². The third-order valence-corrected chi connectivity index (χ3v) is 4.12. The van der Waals surface area contributed by atoms with Gasteiger partial charge in [-0.15, -0.1) is 0 Å². The highest BCUT2D eigenvalue weighted by Crippen LogP contribution is 2.17. The molecule has 0 radical (unpaired) electrons. The summed E-state index contributed by atoms with van der Waals surface area (Å²) in [5.41, 5.74) is 1.98. The molecule has 3 rings (SSSR count). The quantitative estimate of drug-likeness (QED) is 0.936. The molecule has 128 valence electrons. The summed E-state index contributed by atoms with van der Waals surface area (Å²) in [6.45, 7) is 7.20. The van der Waals surface area contributed by atoms with Crippen molar-refractivity contribution < 1.29 is 9.53 Å². The monoisotopic (exact) mass is 329 g/mol. The molecule has 1 aromatic heterocycles. The van der Waals surface area contributed by atoms with Gasteiger partial charge in [-0.2, -0.15) is 5.10 Å². The number of hydrogen-bond donors (Lipinski definition) is 1. The van der Waals surface area contributed by atoms with Crippen LogP contribution in [0.15, 0.2) is 36.9 Å². The zero-order valence-electron chi connectivity index (χ0n) is 14.2. The van der Waals surface area contributed by atoms with E-state index >= 15 is 0 Å². The van der Waals surface area contributed by atoms with Crippen LogP contribution < -0.4 is 5.32 Å². The molecule has 1 saturated heterocycles. The molecule has 7 heteroatoms. The van der Waals surface area contributed by atoms with Gasteiger partial charge in [0.05, 0.1) is 23.9 Å². The normalized spacial score (nSPS) is 22.2. The number of nitrogens with one attached hydrogen (secondary N) is 1. The van der Waals surface area contributed by atoms with Crippen molar-refractivity contribution in [2.45, 2.75) is 39.0 Å². The lowest BCUT2D eigenvalue weighted by atomic mass is 10.1. The van der Waals surface area contributed by atoms with Crippen molar-refractivity contribution in [3.05, 3.63) is 42.5 Å². The summed E-state index contributed by atoms with van der Waals surface area (Å²) in [6, 6.07) is 7.79. The summed E-state index contributed by atoms with van der Waals surface area (Å²) in [5.74, 6) is 0. The number of nitrogens with zero attached hydrogens (tertiary/aromatic N) is 4. The fourth-order valence-electron chi connectivity index (χ4n) is 2.96. The second-order valence-electron chi connectivity index (χ2n) is 6.27. The van der Waals surface area contributed by atoms with Gasteiger partial charge < -0.3 is 15.0 Å². The molecule has 0 spiro atoms. The predicted molar refractivity (Wildman–Crippen MR) is 89.9 cm³/mol. The van der Waals surface area contributed by atoms with Gasteiger partial charge in [0.2, 0.25) is 0 Å². The lowest BCUT2D eigenvalue weighted by Gasteiger charge is -2.35. The first-order valence-corrected chi connectivity index (χ1v) is 8.19. The van der Waals surface area contributed by atoms with Crippen molar-refractivity contribution >= 4 is 6.03 Å². The zero-order valence-corrected chi connectivity index (χ0v) is 14.2. The Bertz CT molecular complexity index is 661. The molecule has 1 fully saturated rings. The second kappa shape index (κ2) is 7.00. The van der Waals surface area contributed by atoms with Crippen LogP contribution in [0.1, 0.15) is 32.4 Å². The average molecular weight is 329 g/mol. The average Bonchev–Trinajstić information content (AvgIpc) is 3.08. The molecule has 1 aliphatic heterocycles. The first kappa shape index (κ1) is 16.4. The number of urea groups is 1. The molecule has 0 bridgehead atoms. The van der Waals surface area contributed by atoms with Crippen molar-refractivity contribution in [1.29, 1.82) is 0 Å². The molecule has 2 aromatic rings. The molecular weight excluding hydrogens is 306 g/mol. The van der Waals surface area contributed by atoms with Crippen LogP contribution in [-0.4, -0.2) is 51.0 Å². The van der Waals surface area contributed by atoms with Crippen molar-refractivity contribution in [2.24, 2.45) is 0 Å². The number of hydrogen-bond acceptors (Lipinski definition) is 4. The maximum atomic E-state index is 12.5. The van der Waals surface area contributed by atoms with Gasteiger partial charge >= 0.3 is 6.03 Å². The Labute approximate surface area is 141 Å². The van der Waals surface area contributed by atoms with E-state index in [1.54, 1.807) is 11.0 Å². The van der Waals surface area contributed by atoms with Gasteiger partial charge in [0, 0.05) is 13.1 Å². The topological polar surface area (TPSA) is 72.3 Å². The molecule has 0 saturated carbocycles. The van der Waals surface area contributed by atoms with Crippen LogP contribution in [0.4, 0.5) is 4.79 Å². The van der Waals surface area contributed by atoms with E-state index in [1.807, 2.05) is 49.9 Å². The Balaban J connectivity index is 1.62. The lowest BCUT2D eigenvalue weighted by molar-refractivity contribution is -0.0547. The van der Waals surface area contributed by atoms with E-state index in [4.69, 9.17) is 4.74 Å². The minimum atomic E-state index is -0.0734. The Hall–Kier alpha value is -2.41. The highest BCUT2D eigenvalue weighted by atomic mass is 16.5. The van der Waals surface area contributed by atoms with E-state index < -0.39 is 0 Å². The number of carbonyl (C=O) groups is 1.